The van der Waals surface area contributed by atoms with Gasteiger partial charge >= 0.3 is 0 Å². The van der Waals surface area contributed by atoms with E-state index in [4.69, 9.17) is 9.15 Å². The van der Waals surface area contributed by atoms with E-state index in [1.165, 1.54) is 0 Å². The fraction of sp³-hybridized carbons (Fsp3) is 0.190. The molecule has 0 fully saturated rings. The van der Waals surface area contributed by atoms with Crippen molar-refractivity contribution in [2.45, 2.75) is 18.9 Å². The lowest BCUT2D eigenvalue weighted by Gasteiger charge is -2.16. The average Bonchev–Trinajstić information content (AvgIpc) is 3.45. The highest BCUT2D eigenvalue weighted by atomic mass is 32.1. The van der Waals surface area contributed by atoms with E-state index < -0.39 is 0 Å². The van der Waals surface area contributed by atoms with Gasteiger partial charge in [0.15, 0.2) is 0 Å². The summed E-state index contributed by atoms with van der Waals surface area (Å²) in [4.78, 5) is 15.9. The van der Waals surface area contributed by atoms with Crippen LogP contribution in [0.15, 0.2) is 64.0 Å². The number of hydrogen-bond donors (Lipinski definition) is 2. The van der Waals surface area contributed by atoms with Crippen molar-refractivity contribution in [3.8, 4) is 5.75 Å². The molecule has 0 aliphatic carbocycles. The first-order chi connectivity index (χ1) is 13.3. The third-order valence-corrected chi connectivity index (χ3v) is 5.37. The molecule has 0 aliphatic heterocycles. The molecular formula is C21H20N2O3S. The summed E-state index contributed by atoms with van der Waals surface area (Å²) >= 11 is 1.63. The van der Waals surface area contributed by atoms with Crippen molar-refractivity contribution in [3.63, 3.8) is 0 Å². The fourth-order valence-corrected chi connectivity index (χ4v) is 4.07. The summed E-state index contributed by atoms with van der Waals surface area (Å²) in [5, 5.41) is 8.10. The highest BCUT2D eigenvalue weighted by molar-refractivity contribution is 7.08. The predicted molar refractivity (Wildman–Crippen MR) is 106 cm³/mol. The number of aromatic amines is 1. The van der Waals surface area contributed by atoms with Crippen LogP contribution in [0.4, 0.5) is 0 Å². The Kier molecular flexibility index (Phi) is 4.98. The van der Waals surface area contributed by atoms with Crippen LogP contribution in [-0.2, 0) is 11.3 Å². The lowest BCUT2D eigenvalue weighted by Crippen LogP contribution is -2.24. The van der Waals surface area contributed by atoms with Gasteiger partial charge in [0.05, 0.1) is 19.9 Å². The van der Waals surface area contributed by atoms with E-state index in [0.29, 0.717) is 13.0 Å². The van der Waals surface area contributed by atoms with Gasteiger partial charge in [-0.25, -0.2) is 0 Å². The zero-order chi connectivity index (χ0) is 18.6. The highest BCUT2D eigenvalue weighted by Gasteiger charge is 2.23. The number of aromatic nitrogens is 1. The Bertz CT molecular complexity index is 1020. The lowest BCUT2D eigenvalue weighted by atomic mass is 9.89. The predicted octanol–water partition coefficient (Wildman–Crippen LogP) is 4.67. The number of furan rings is 1. The van der Waals surface area contributed by atoms with E-state index in [9.17, 15) is 4.79 Å². The molecule has 138 valence electrons. The molecule has 6 heteroatoms. The minimum Gasteiger partial charge on any atom is -0.496 e. The second-order valence-electron chi connectivity index (χ2n) is 6.30. The zero-order valence-electron chi connectivity index (χ0n) is 14.9. The van der Waals surface area contributed by atoms with Crippen molar-refractivity contribution in [1.82, 2.24) is 10.3 Å². The number of fused-ring (bicyclic) bond motifs is 1. The van der Waals surface area contributed by atoms with Crippen molar-refractivity contribution >= 4 is 28.1 Å². The van der Waals surface area contributed by atoms with Crippen molar-refractivity contribution in [2.24, 2.45) is 0 Å². The molecule has 1 aromatic carbocycles. The molecule has 4 aromatic rings. The summed E-state index contributed by atoms with van der Waals surface area (Å²) in [5.74, 6) is 1.47. The second kappa shape index (κ2) is 7.72. The first kappa shape index (κ1) is 17.4. The fourth-order valence-electron chi connectivity index (χ4n) is 3.36. The molecule has 0 saturated heterocycles. The van der Waals surface area contributed by atoms with E-state index in [-0.39, 0.29) is 11.8 Å². The van der Waals surface area contributed by atoms with Crippen LogP contribution in [-0.4, -0.2) is 18.0 Å². The van der Waals surface area contributed by atoms with Crippen LogP contribution in [0.2, 0.25) is 0 Å². The van der Waals surface area contributed by atoms with Gasteiger partial charge in [0.2, 0.25) is 5.91 Å². The van der Waals surface area contributed by atoms with Crippen LogP contribution >= 0.6 is 11.3 Å². The summed E-state index contributed by atoms with van der Waals surface area (Å²) < 4.78 is 10.9. The number of thiophene rings is 1. The van der Waals surface area contributed by atoms with E-state index in [1.807, 2.05) is 41.9 Å². The van der Waals surface area contributed by atoms with E-state index >= 15 is 0 Å². The largest absolute Gasteiger partial charge is 0.496 e. The van der Waals surface area contributed by atoms with Gasteiger partial charge in [-0.1, -0.05) is 6.07 Å². The van der Waals surface area contributed by atoms with Crippen molar-refractivity contribution < 1.29 is 13.9 Å². The first-order valence-electron chi connectivity index (χ1n) is 8.71. The standard InChI is InChI=1S/C21H20N2O3S/c1-25-19-6-2-5-18-21(19)17(12-22-18)16(14-7-9-27-13-14)10-20(24)23-11-15-4-3-8-26-15/h2-9,12-13,16,22H,10-11H2,1H3,(H,23,24)/t16-/m1/s1. The molecule has 4 rings (SSSR count). The number of methoxy groups -OCH3 is 1. The third kappa shape index (κ3) is 3.61. The quantitative estimate of drug-likeness (QED) is 0.490. The van der Waals surface area contributed by atoms with Gasteiger partial charge in [-0.05, 0) is 52.2 Å². The second-order valence-corrected chi connectivity index (χ2v) is 7.08. The summed E-state index contributed by atoms with van der Waals surface area (Å²) in [6.45, 7) is 0.388. The summed E-state index contributed by atoms with van der Waals surface area (Å²) in [6.07, 6.45) is 3.94. The maximum Gasteiger partial charge on any atom is 0.221 e. The van der Waals surface area contributed by atoms with Crippen LogP contribution in [0.1, 0.15) is 29.2 Å². The Morgan fingerprint density at radius 2 is 2.22 bits per heavy atom. The van der Waals surface area contributed by atoms with Crippen molar-refractivity contribution in [3.05, 3.63) is 76.5 Å². The third-order valence-electron chi connectivity index (χ3n) is 4.67. The Hall–Kier alpha value is -2.99. The molecular weight excluding hydrogens is 360 g/mol. The topological polar surface area (TPSA) is 67.3 Å². The normalized spacial score (nSPS) is 12.2. The molecule has 0 radical (unpaired) electrons. The SMILES string of the molecule is COc1cccc2[nH]cc([C@H](CC(=O)NCc3ccco3)c3ccsc3)c12. The van der Waals surface area contributed by atoms with Crippen molar-refractivity contribution in [1.29, 1.82) is 0 Å². The Morgan fingerprint density at radius 3 is 2.96 bits per heavy atom. The molecule has 0 spiro atoms. The lowest BCUT2D eigenvalue weighted by molar-refractivity contribution is -0.121. The number of carbonyl (C=O) groups excluding carboxylic acids is 1. The van der Waals surface area contributed by atoms with Gasteiger partial charge in [-0.3, -0.25) is 4.79 Å². The van der Waals surface area contributed by atoms with Crippen LogP contribution in [0.25, 0.3) is 10.9 Å². The van der Waals surface area contributed by atoms with Crippen LogP contribution in [0.5, 0.6) is 5.75 Å². The number of H-pyrrole nitrogens is 1. The zero-order valence-corrected chi connectivity index (χ0v) is 15.7. The van der Waals surface area contributed by atoms with Gasteiger partial charge in [0.1, 0.15) is 11.5 Å². The molecule has 0 aliphatic rings. The minimum absolute atomic E-state index is 0.0214. The average molecular weight is 380 g/mol. The van der Waals surface area contributed by atoms with E-state index in [2.05, 4.69) is 21.7 Å². The number of rotatable bonds is 7. The molecule has 3 heterocycles. The maximum atomic E-state index is 12.6. The molecule has 0 saturated carbocycles. The van der Waals surface area contributed by atoms with E-state index in [0.717, 1.165) is 33.5 Å². The van der Waals surface area contributed by atoms with Crippen LogP contribution in [0.3, 0.4) is 0 Å². The molecule has 0 bridgehead atoms. The van der Waals surface area contributed by atoms with Crippen molar-refractivity contribution in [2.75, 3.05) is 7.11 Å². The smallest absolute Gasteiger partial charge is 0.221 e. The van der Waals surface area contributed by atoms with Crippen LogP contribution < -0.4 is 10.1 Å². The Balaban J connectivity index is 1.63. The van der Waals surface area contributed by atoms with Gasteiger partial charge < -0.3 is 19.5 Å². The molecule has 1 amide bonds. The van der Waals surface area contributed by atoms with Gasteiger partial charge in [0.25, 0.3) is 0 Å². The molecule has 2 N–H and O–H groups in total. The number of hydrogen-bond acceptors (Lipinski definition) is 4. The summed E-state index contributed by atoms with van der Waals surface area (Å²) in [6, 6.07) is 11.7. The summed E-state index contributed by atoms with van der Waals surface area (Å²) in [5.41, 5.74) is 3.19. The highest BCUT2D eigenvalue weighted by Crippen LogP contribution is 2.38. The Morgan fingerprint density at radius 1 is 1.30 bits per heavy atom. The first-order valence-corrected chi connectivity index (χ1v) is 9.65. The monoisotopic (exact) mass is 380 g/mol. The number of benzene rings is 1. The maximum absolute atomic E-state index is 12.6. The molecule has 0 unspecified atom stereocenters. The van der Waals surface area contributed by atoms with Crippen LogP contribution in [0, 0.1) is 0 Å². The minimum atomic E-state index is -0.0575. The molecule has 27 heavy (non-hydrogen) atoms. The molecule has 3 aromatic heterocycles. The number of ether oxygens (including phenoxy) is 1. The van der Waals surface area contributed by atoms with Gasteiger partial charge in [-0.2, -0.15) is 11.3 Å². The molecule has 5 nitrogen and oxygen atoms in total. The summed E-state index contributed by atoms with van der Waals surface area (Å²) in [7, 11) is 1.67. The molecule has 1 atom stereocenters. The van der Waals surface area contributed by atoms with E-state index in [1.54, 1.807) is 24.7 Å². The number of amides is 1. The van der Waals surface area contributed by atoms with Gasteiger partial charge in [-0.15, -0.1) is 0 Å². The number of nitrogens with one attached hydrogen (secondary N) is 2. The Labute approximate surface area is 161 Å². The van der Waals surface area contributed by atoms with Gasteiger partial charge in [0, 0.05) is 29.4 Å². The number of carbonyl (C=O) groups is 1.